The fourth-order valence-corrected chi connectivity index (χ4v) is 1.83. The Kier molecular flexibility index (Phi) is 5.58. The van der Waals surface area contributed by atoms with Crippen molar-refractivity contribution < 1.29 is 4.74 Å². The Bertz CT molecular complexity index is 180. The van der Waals surface area contributed by atoms with Gasteiger partial charge in [-0.3, -0.25) is 0 Å². The topological polar surface area (TPSA) is 59.0 Å². The summed E-state index contributed by atoms with van der Waals surface area (Å²) in [6.07, 6.45) is 8.71. The van der Waals surface area contributed by atoms with E-state index in [2.05, 4.69) is 0 Å². The second kappa shape index (κ2) is 6.80. The van der Waals surface area contributed by atoms with Gasteiger partial charge < -0.3 is 10.5 Å². The third-order valence-electron chi connectivity index (χ3n) is 2.75. The van der Waals surface area contributed by atoms with E-state index in [9.17, 15) is 0 Å². The van der Waals surface area contributed by atoms with Gasteiger partial charge in [-0.15, -0.1) is 0 Å². The number of nitrogens with two attached hydrogens (primary N) is 1. The van der Waals surface area contributed by atoms with Crippen molar-refractivity contribution >= 4 is 0 Å². The summed E-state index contributed by atoms with van der Waals surface area (Å²) in [5.74, 6) is 0. The largest absolute Gasteiger partial charge is 0.378 e. The highest BCUT2D eigenvalue weighted by Crippen LogP contribution is 2.19. The molecule has 1 unspecified atom stereocenters. The maximum atomic E-state index is 8.49. The molecule has 1 aliphatic carbocycles. The van der Waals surface area contributed by atoms with Crippen LogP contribution in [0.3, 0.4) is 0 Å². The van der Waals surface area contributed by atoms with Crippen LogP contribution in [0.15, 0.2) is 0 Å². The van der Waals surface area contributed by atoms with Crippen LogP contribution >= 0.6 is 0 Å². The predicted octanol–water partition coefficient (Wildman–Crippen LogP) is 1.97. The molecule has 0 bridgehead atoms. The lowest BCUT2D eigenvalue weighted by Gasteiger charge is -2.15. The van der Waals surface area contributed by atoms with E-state index in [4.69, 9.17) is 15.7 Å². The van der Waals surface area contributed by atoms with Gasteiger partial charge >= 0.3 is 0 Å². The fraction of sp³-hybridized carbons (Fsp3) is 0.909. The van der Waals surface area contributed by atoms with Crippen LogP contribution in [-0.4, -0.2) is 18.8 Å². The van der Waals surface area contributed by atoms with Crippen molar-refractivity contribution in [1.29, 1.82) is 5.26 Å². The summed E-state index contributed by atoms with van der Waals surface area (Å²) in [6, 6.07) is 1.65. The van der Waals surface area contributed by atoms with Crippen molar-refractivity contribution in [3.63, 3.8) is 0 Å². The molecule has 14 heavy (non-hydrogen) atoms. The first-order chi connectivity index (χ1) is 6.83. The van der Waals surface area contributed by atoms with Crippen molar-refractivity contribution in [3.05, 3.63) is 0 Å². The van der Waals surface area contributed by atoms with Crippen LogP contribution in [0, 0.1) is 11.3 Å². The van der Waals surface area contributed by atoms with Gasteiger partial charge in [0.05, 0.1) is 18.2 Å². The number of nitrogens with zero attached hydrogens (tertiary/aromatic N) is 1. The van der Waals surface area contributed by atoms with Crippen LogP contribution in [0.4, 0.5) is 0 Å². The second-order valence-electron chi connectivity index (χ2n) is 4.01. The zero-order valence-electron chi connectivity index (χ0n) is 8.74. The lowest BCUT2D eigenvalue weighted by atomic mass is 10.1. The van der Waals surface area contributed by atoms with Crippen LogP contribution in [-0.2, 0) is 4.74 Å². The highest BCUT2D eigenvalue weighted by Gasteiger charge is 2.12. The number of hydrogen-bond acceptors (Lipinski definition) is 3. The van der Waals surface area contributed by atoms with Gasteiger partial charge in [-0.05, 0) is 19.3 Å². The first-order valence-corrected chi connectivity index (χ1v) is 5.59. The van der Waals surface area contributed by atoms with Gasteiger partial charge in [0, 0.05) is 6.61 Å². The molecule has 0 amide bonds. The summed E-state index contributed by atoms with van der Waals surface area (Å²) in [6.45, 7) is 0.638. The SMILES string of the molecule is N#CC(N)CCOC1CCCCCC1. The number of rotatable bonds is 4. The van der Waals surface area contributed by atoms with Crippen molar-refractivity contribution in [1.82, 2.24) is 0 Å². The molecular weight excluding hydrogens is 176 g/mol. The number of hydrogen-bond donors (Lipinski definition) is 1. The molecule has 1 aliphatic rings. The Morgan fingerprint density at radius 3 is 2.50 bits per heavy atom. The molecule has 0 aromatic heterocycles. The molecule has 1 fully saturated rings. The van der Waals surface area contributed by atoms with Gasteiger partial charge in [0.25, 0.3) is 0 Å². The smallest absolute Gasteiger partial charge is 0.0950 e. The quantitative estimate of drug-likeness (QED) is 0.699. The average molecular weight is 196 g/mol. The third-order valence-corrected chi connectivity index (χ3v) is 2.75. The maximum Gasteiger partial charge on any atom is 0.0950 e. The Morgan fingerprint density at radius 1 is 1.29 bits per heavy atom. The molecule has 0 radical (unpaired) electrons. The summed E-state index contributed by atoms with van der Waals surface area (Å²) >= 11 is 0. The lowest BCUT2D eigenvalue weighted by molar-refractivity contribution is 0.0409. The minimum atomic E-state index is -0.360. The molecule has 0 heterocycles. The van der Waals surface area contributed by atoms with Gasteiger partial charge in [0.1, 0.15) is 0 Å². The molecule has 80 valence electrons. The van der Waals surface area contributed by atoms with Crippen molar-refractivity contribution in [2.24, 2.45) is 5.73 Å². The summed E-state index contributed by atoms with van der Waals surface area (Å²) in [5.41, 5.74) is 5.48. The summed E-state index contributed by atoms with van der Waals surface area (Å²) in [4.78, 5) is 0. The van der Waals surface area contributed by atoms with E-state index in [-0.39, 0.29) is 6.04 Å². The predicted molar refractivity (Wildman–Crippen MR) is 55.6 cm³/mol. The minimum Gasteiger partial charge on any atom is -0.378 e. The van der Waals surface area contributed by atoms with Crippen LogP contribution in [0.1, 0.15) is 44.9 Å². The molecule has 1 rings (SSSR count). The number of nitriles is 1. The fourth-order valence-electron chi connectivity index (χ4n) is 1.83. The monoisotopic (exact) mass is 196 g/mol. The van der Waals surface area contributed by atoms with Crippen LogP contribution in [0.5, 0.6) is 0 Å². The molecule has 3 heteroatoms. The highest BCUT2D eigenvalue weighted by atomic mass is 16.5. The Labute approximate surface area is 86.2 Å². The van der Waals surface area contributed by atoms with Crippen molar-refractivity contribution in [2.45, 2.75) is 57.1 Å². The summed E-state index contributed by atoms with van der Waals surface area (Å²) < 4.78 is 5.70. The average Bonchev–Trinajstić information content (AvgIpc) is 2.46. The molecule has 0 spiro atoms. The molecule has 0 saturated heterocycles. The van der Waals surface area contributed by atoms with E-state index in [1.807, 2.05) is 6.07 Å². The van der Waals surface area contributed by atoms with E-state index < -0.39 is 0 Å². The van der Waals surface area contributed by atoms with Gasteiger partial charge in [0.15, 0.2) is 0 Å². The van der Waals surface area contributed by atoms with E-state index >= 15 is 0 Å². The van der Waals surface area contributed by atoms with Crippen LogP contribution in [0.25, 0.3) is 0 Å². The zero-order valence-corrected chi connectivity index (χ0v) is 8.74. The van der Waals surface area contributed by atoms with Crippen LogP contribution in [0.2, 0.25) is 0 Å². The van der Waals surface area contributed by atoms with Crippen molar-refractivity contribution in [3.8, 4) is 6.07 Å². The first kappa shape index (κ1) is 11.5. The van der Waals surface area contributed by atoms with E-state index in [0.29, 0.717) is 19.1 Å². The Balaban J connectivity index is 2.08. The molecule has 0 aromatic carbocycles. The third kappa shape index (κ3) is 4.59. The molecule has 2 N–H and O–H groups in total. The van der Waals surface area contributed by atoms with Crippen LogP contribution < -0.4 is 5.73 Å². The maximum absolute atomic E-state index is 8.49. The second-order valence-corrected chi connectivity index (χ2v) is 4.01. The van der Waals surface area contributed by atoms with Gasteiger partial charge in [0.2, 0.25) is 0 Å². The van der Waals surface area contributed by atoms with E-state index in [1.54, 1.807) is 0 Å². The standard InChI is InChI=1S/C11H20N2O/c12-9-10(13)7-8-14-11-5-3-1-2-4-6-11/h10-11H,1-8,13H2. The molecule has 1 atom stereocenters. The first-order valence-electron chi connectivity index (χ1n) is 5.59. The van der Waals surface area contributed by atoms with E-state index in [0.717, 1.165) is 0 Å². The Morgan fingerprint density at radius 2 is 1.93 bits per heavy atom. The molecule has 0 aromatic rings. The van der Waals surface area contributed by atoms with Gasteiger partial charge in [-0.25, -0.2) is 0 Å². The lowest BCUT2D eigenvalue weighted by Crippen LogP contribution is -2.21. The number of ether oxygens (including phenoxy) is 1. The van der Waals surface area contributed by atoms with Gasteiger partial charge in [-0.1, -0.05) is 25.7 Å². The Hall–Kier alpha value is -0.590. The molecule has 0 aliphatic heterocycles. The zero-order chi connectivity index (χ0) is 10.2. The minimum absolute atomic E-state index is 0.360. The molecule has 3 nitrogen and oxygen atoms in total. The highest BCUT2D eigenvalue weighted by molar-refractivity contribution is 4.85. The van der Waals surface area contributed by atoms with Gasteiger partial charge in [-0.2, -0.15) is 5.26 Å². The van der Waals surface area contributed by atoms with Crippen molar-refractivity contribution in [2.75, 3.05) is 6.61 Å². The normalized spacial score (nSPS) is 21.1. The summed E-state index contributed by atoms with van der Waals surface area (Å²) in [5, 5.41) is 8.49. The molecule has 1 saturated carbocycles. The van der Waals surface area contributed by atoms with E-state index in [1.165, 1.54) is 38.5 Å². The molecular formula is C11H20N2O. The summed E-state index contributed by atoms with van der Waals surface area (Å²) in [7, 11) is 0.